The zero-order valence-electron chi connectivity index (χ0n) is 22.9. The van der Waals surface area contributed by atoms with Crippen molar-refractivity contribution in [3.63, 3.8) is 0 Å². The van der Waals surface area contributed by atoms with Gasteiger partial charge in [-0.3, -0.25) is 18.8 Å². The molecule has 0 amide bonds. The van der Waals surface area contributed by atoms with Gasteiger partial charge in [0.1, 0.15) is 34.3 Å². The lowest BCUT2D eigenvalue weighted by Gasteiger charge is -2.40. The molecule has 10 nitrogen and oxygen atoms in total. The number of aliphatic hydroxyl groups is 1. The van der Waals surface area contributed by atoms with Crippen molar-refractivity contribution in [3.05, 3.63) is 51.2 Å². The monoisotopic (exact) mass is 535 g/mol. The molecule has 2 N–H and O–H groups in total. The summed E-state index contributed by atoms with van der Waals surface area (Å²) in [7, 11) is -1.15. The fourth-order valence-corrected chi connectivity index (χ4v) is 4.98. The Morgan fingerprint density at radius 1 is 1.00 bits per heavy atom. The number of piperazine rings is 1. The summed E-state index contributed by atoms with van der Waals surface area (Å²) in [6, 6.07) is 8.41. The van der Waals surface area contributed by atoms with Crippen LogP contribution in [0.15, 0.2) is 39.9 Å². The molecule has 1 aromatic carbocycles. The summed E-state index contributed by atoms with van der Waals surface area (Å²) in [6.07, 6.45) is 0.818. The van der Waals surface area contributed by atoms with Gasteiger partial charge in [0.25, 0.3) is 5.56 Å². The SMILES string of the molecule is CC(C)n1c(N2CCN(CC(O)C(C)(C)Oc3ccc(NS(C)=O)cc3)CC2)cc(=O)n(C(C)C)c1=O. The average molecular weight is 536 g/mol. The van der Waals surface area contributed by atoms with E-state index in [1.807, 2.05) is 41.5 Å². The minimum Gasteiger partial charge on any atom is -0.485 e. The van der Waals surface area contributed by atoms with Gasteiger partial charge in [-0.05, 0) is 65.8 Å². The molecule has 206 valence electrons. The van der Waals surface area contributed by atoms with E-state index in [9.17, 15) is 18.9 Å². The molecular weight excluding hydrogens is 494 g/mol. The number of hydrogen-bond donors (Lipinski definition) is 2. The molecule has 0 spiro atoms. The third-order valence-corrected chi connectivity index (χ3v) is 7.13. The Kier molecular flexibility index (Phi) is 9.25. The molecule has 0 bridgehead atoms. The van der Waals surface area contributed by atoms with Gasteiger partial charge >= 0.3 is 5.69 Å². The highest BCUT2D eigenvalue weighted by atomic mass is 32.2. The molecule has 1 aliphatic heterocycles. The molecule has 2 unspecified atom stereocenters. The minimum atomic E-state index is -1.15. The number of aliphatic hydroxyl groups excluding tert-OH is 1. The summed E-state index contributed by atoms with van der Waals surface area (Å²) in [5.41, 5.74) is -0.667. The van der Waals surface area contributed by atoms with Gasteiger partial charge in [-0.1, -0.05) is 0 Å². The van der Waals surface area contributed by atoms with Gasteiger partial charge in [0.15, 0.2) is 0 Å². The van der Waals surface area contributed by atoms with Crippen LogP contribution >= 0.6 is 0 Å². The standard InChI is InChI=1S/C26H41N5O5S/c1-18(2)30-23(16-24(33)31(19(3)4)25(30)34)29-14-12-28(13-15-29)17-22(32)26(5,6)36-21-10-8-20(9-11-21)27-37(7)35/h8-11,16,18-19,22,27,32H,12-15,17H2,1-7H3. The zero-order valence-corrected chi connectivity index (χ0v) is 23.7. The first-order chi connectivity index (χ1) is 17.3. The van der Waals surface area contributed by atoms with Crippen molar-refractivity contribution >= 4 is 22.5 Å². The highest BCUT2D eigenvalue weighted by Crippen LogP contribution is 2.25. The predicted molar refractivity (Wildman–Crippen MR) is 149 cm³/mol. The Morgan fingerprint density at radius 2 is 1.57 bits per heavy atom. The van der Waals surface area contributed by atoms with Gasteiger partial charge < -0.3 is 19.5 Å². The van der Waals surface area contributed by atoms with Crippen molar-refractivity contribution in [2.45, 2.75) is 65.3 Å². The topological polar surface area (TPSA) is 109 Å². The van der Waals surface area contributed by atoms with E-state index in [4.69, 9.17) is 4.74 Å². The first-order valence-electron chi connectivity index (χ1n) is 12.7. The van der Waals surface area contributed by atoms with Crippen molar-refractivity contribution in [1.82, 2.24) is 14.0 Å². The summed E-state index contributed by atoms with van der Waals surface area (Å²) < 4.78 is 23.2. The number of anilines is 2. The average Bonchev–Trinajstić information content (AvgIpc) is 2.79. The molecular formula is C26H41N5O5S. The van der Waals surface area contributed by atoms with Crippen LogP contribution in [0.5, 0.6) is 5.75 Å². The largest absolute Gasteiger partial charge is 0.485 e. The van der Waals surface area contributed by atoms with Crippen LogP contribution in [0.4, 0.5) is 11.5 Å². The number of β-amino-alcohol motifs (C(OH)–C–C–N with tert-alkyl or cyclic N) is 1. The normalized spacial score (nSPS) is 16.8. The van der Waals surface area contributed by atoms with Crippen molar-refractivity contribution in [2.24, 2.45) is 0 Å². The Balaban J connectivity index is 1.64. The van der Waals surface area contributed by atoms with Crippen LogP contribution in [0.3, 0.4) is 0 Å². The highest BCUT2D eigenvalue weighted by molar-refractivity contribution is 7.85. The molecule has 1 aromatic heterocycles. The molecule has 3 rings (SSSR count). The first-order valence-corrected chi connectivity index (χ1v) is 14.3. The van der Waals surface area contributed by atoms with Crippen molar-refractivity contribution in [3.8, 4) is 5.75 Å². The van der Waals surface area contributed by atoms with Gasteiger partial charge in [-0.2, -0.15) is 0 Å². The zero-order chi connectivity index (χ0) is 27.5. The van der Waals surface area contributed by atoms with Crippen molar-refractivity contribution in [2.75, 3.05) is 48.6 Å². The number of hydrogen-bond acceptors (Lipinski definition) is 7. The number of rotatable bonds is 10. The Labute approximate surface area is 221 Å². The molecule has 0 radical (unpaired) electrons. The second-order valence-electron chi connectivity index (χ2n) is 10.6. The molecule has 1 fully saturated rings. The second-order valence-corrected chi connectivity index (χ2v) is 11.8. The van der Waals surface area contributed by atoms with E-state index in [1.54, 1.807) is 41.2 Å². The summed E-state index contributed by atoms with van der Waals surface area (Å²) >= 11 is 0. The number of benzene rings is 1. The Bertz CT molecular complexity index is 1200. The second kappa shape index (κ2) is 11.8. The van der Waals surface area contributed by atoms with E-state index in [1.165, 1.54) is 4.57 Å². The molecule has 11 heteroatoms. The van der Waals surface area contributed by atoms with E-state index < -0.39 is 22.7 Å². The summed E-state index contributed by atoms with van der Waals surface area (Å²) in [5.74, 6) is 1.26. The summed E-state index contributed by atoms with van der Waals surface area (Å²) in [4.78, 5) is 30.1. The maximum absolute atomic E-state index is 13.1. The third kappa shape index (κ3) is 7.03. The van der Waals surface area contributed by atoms with Crippen LogP contribution in [-0.2, 0) is 11.0 Å². The maximum atomic E-state index is 13.1. The van der Waals surface area contributed by atoms with Crippen LogP contribution in [0.1, 0.15) is 53.6 Å². The van der Waals surface area contributed by atoms with Crippen LogP contribution in [0.25, 0.3) is 0 Å². The molecule has 0 aliphatic carbocycles. The molecule has 0 saturated carbocycles. The predicted octanol–water partition coefficient (Wildman–Crippen LogP) is 2.22. The summed E-state index contributed by atoms with van der Waals surface area (Å²) in [5, 5.41) is 11.0. The first kappa shape index (κ1) is 28.9. The number of aromatic nitrogens is 2. The number of nitrogens with zero attached hydrogens (tertiary/aromatic N) is 4. The van der Waals surface area contributed by atoms with Crippen molar-refractivity contribution < 1.29 is 14.1 Å². The Morgan fingerprint density at radius 3 is 2.08 bits per heavy atom. The van der Waals surface area contributed by atoms with E-state index >= 15 is 0 Å². The third-order valence-electron chi connectivity index (χ3n) is 6.61. The lowest BCUT2D eigenvalue weighted by molar-refractivity contribution is -0.0449. The number of nitrogens with one attached hydrogen (secondary N) is 1. The lowest BCUT2D eigenvalue weighted by atomic mass is 10.0. The number of ether oxygens (including phenoxy) is 1. The van der Waals surface area contributed by atoms with Gasteiger partial charge in [-0.15, -0.1) is 0 Å². The maximum Gasteiger partial charge on any atom is 0.333 e. The van der Waals surface area contributed by atoms with Gasteiger partial charge in [-0.25, -0.2) is 9.00 Å². The van der Waals surface area contributed by atoms with Crippen LogP contribution in [0.2, 0.25) is 0 Å². The van der Waals surface area contributed by atoms with Crippen molar-refractivity contribution in [1.29, 1.82) is 0 Å². The molecule has 2 aromatic rings. The van der Waals surface area contributed by atoms with Gasteiger partial charge in [0.2, 0.25) is 0 Å². The fraction of sp³-hybridized carbons (Fsp3) is 0.615. The van der Waals surface area contributed by atoms with E-state index in [-0.39, 0.29) is 23.3 Å². The smallest absolute Gasteiger partial charge is 0.333 e. The highest BCUT2D eigenvalue weighted by Gasteiger charge is 2.33. The fourth-order valence-electron chi connectivity index (χ4n) is 4.51. The van der Waals surface area contributed by atoms with Crippen LogP contribution in [-0.4, -0.2) is 74.0 Å². The quantitative estimate of drug-likeness (QED) is 0.480. The summed E-state index contributed by atoms with van der Waals surface area (Å²) in [6.45, 7) is 14.3. The van der Waals surface area contributed by atoms with Gasteiger partial charge in [0, 0.05) is 62.8 Å². The van der Waals surface area contributed by atoms with Crippen LogP contribution < -0.4 is 25.6 Å². The molecule has 1 saturated heterocycles. The van der Waals surface area contributed by atoms with E-state index in [2.05, 4.69) is 14.5 Å². The van der Waals surface area contributed by atoms with E-state index in [0.29, 0.717) is 44.3 Å². The molecule has 1 aliphatic rings. The molecule has 37 heavy (non-hydrogen) atoms. The van der Waals surface area contributed by atoms with E-state index in [0.717, 1.165) is 5.69 Å². The molecule has 2 atom stereocenters. The molecule has 2 heterocycles. The Hall–Kier alpha value is -2.63. The van der Waals surface area contributed by atoms with Crippen LogP contribution in [0, 0.1) is 0 Å². The lowest BCUT2D eigenvalue weighted by Crippen LogP contribution is -2.54. The minimum absolute atomic E-state index is 0.0835. The van der Waals surface area contributed by atoms with Gasteiger partial charge in [0.05, 0.1) is 0 Å².